The second-order valence-electron chi connectivity index (χ2n) is 3.23. The van der Waals surface area contributed by atoms with E-state index < -0.39 is 0 Å². The van der Waals surface area contributed by atoms with Gasteiger partial charge in [0.25, 0.3) is 0 Å². The van der Waals surface area contributed by atoms with Crippen LogP contribution in [-0.4, -0.2) is 9.97 Å². The van der Waals surface area contributed by atoms with Crippen molar-refractivity contribution in [1.29, 1.82) is 0 Å². The highest BCUT2D eigenvalue weighted by atomic mass is 16.5. The highest BCUT2D eigenvalue weighted by Crippen LogP contribution is 2.15. The van der Waals surface area contributed by atoms with Gasteiger partial charge in [0.15, 0.2) is 0 Å². The quantitative estimate of drug-likeness (QED) is 0.762. The zero-order chi connectivity index (χ0) is 10.5. The maximum Gasteiger partial charge on any atom is 0.141 e. The lowest BCUT2D eigenvalue weighted by molar-refractivity contribution is 0.302. The number of hydrogen-bond donors (Lipinski definition) is 0. The van der Waals surface area contributed by atoms with Crippen molar-refractivity contribution in [2.24, 2.45) is 0 Å². The lowest BCUT2D eigenvalue weighted by Gasteiger charge is -2.07. The molecule has 2 aromatic heterocycles. The number of nitrogens with zero attached hydrogens (tertiary/aromatic N) is 2. The molecule has 15 heavy (non-hydrogen) atoms. The third-order valence-corrected chi connectivity index (χ3v) is 2.10. The van der Waals surface area contributed by atoms with Gasteiger partial charge in [-0.15, -0.1) is 0 Å². The largest absolute Gasteiger partial charge is 0.487 e. The van der Waals surface area contributed by atoms with Crippen molar-refractivity contribution in [3.8, 4) is 5.75 Å². The van der Waals surface area contributed by atoms with Gasteiger partial charge < -0.3 is 4.74 Å². The molecule has 0 atom stereocenters. The smallest absolute Gasteiger partial charge is 0.141 e. The Morgan fingerprint density at radius 1 is 1.13 bits per heavy atom. The lowest BCUT2D eigenvalue weighted by Crippen LogP contribution is -1.97. The Bertz CT molecular complexity index is 429. The van der Waals surface area contributed by atoms with Crippen LogP contribution in [0.25, 0.3) is 0 Å². The fourth-order valence-corrected chi connectivity index (χ4v) is 1.26. The molecule has 3 nitrogen and oxygen atoms in total. The zero-order valence-electron chi connectivity index (χ0n) is 8.55. The molecule has 2 rings (SSSR count). The first-order valence-electron chi connectivity index (χ1n) is 4.79. The molecule has 0 aliphatic heterocycles. The topological polar surface area (TPSA) is 35.0 Å². The van der Waals surface area contributed by atoms with Crippen molar-refractivity contribution in [2.45, 2.75) is 13.5 Å². The Labute approximate surface area is 88.8 Å². The van der Waals surface area contributed by atoms with Crippen LogP contribution in [0.1, 0.15) is 11.3 Å². The molecular weight excluding hydrogens is 188 g/mol. The van der Waals surface area contributed by atoms with Crippen LogP contribution in [0.15, 0.2) is 42.9 Å². The summed E-state index contributed by atoms with van der Waals surface area (Å²) >= 11 is 0. The van der Waals surface area contributed by atoms with Crippen molar-refractivity contribution in [3.63, 3.8) is 0 Å². The van der Waals surface area contributed by atoms with E-state index in [9.17, 15) is 0 Å². The molecule has 2 aromatic rings. The lowest BCUT2D eigenvalue weighted by atomic mass is 10.3. The van der Waals surface area contributed by atoms with Gasteiger partial charge in [-0.2, -0.15) is 0 Å². The van der Waals surface area contributed by atoms with Crippen molar-refractivity contribution in [1.82, 2.24) is 9.97 Å². The van der Waals surface area contributed by atoms with Crippen molar-refractivity contribution in [2.75, 3.05) is 0 Å². The Kier molecular flexibility index (Phi) is 2.93. The van der Waals surface area contributed by atoms with Crippen LogP contribution in [0.2, 0.25) is 0 Å². The molecule has 0 N–H and O–H groups in total. The summed E-state index contributed by atoms with van der Waals surface area (Å²) in [5.74, 6) is 0.828. The predicted molar refractivity (Wildman–Crippen MR) is 57.5 cm³/mol. The SMILES string of the molecule is Cc1ncccc1OCc1ccncc1. The standard InChI is InChI=1S/C12H12N2O/c1-10-12(3-2-6-14-10)15-9-11-4-7-13-8-5-11/h2-8H,9H2,1H3. The molecule has 76 valence electrons. The predicted octanol–water partition coefficient (Wildman–Crippen LogP) is 2.36. The van der Waals surface area contributed by atoms with Crippen LogP contribution in [0.3, 0.4) is 0 Å². The van der Waals surface area contributed by atoms with Crippen LogP contribution < -0.4 is 4.74 Å². The zero-order valence-corrected chi connectivity index (χ0v) is 8.55. The van der Waals surface area contributed by atoms with Crippen LogP contribution in [0.4, 0.5) is 0 Å². The van der Waals surface area contributed by atoms with E-state index in [0.29, 0.717) is 6.61 Å². The molecule has 0 aliphatic carbocycles. The first-order valence-corrected chi connectivity index (χ1v) is 4.79. The van der Waals surface area contributed by atoms with Gasteiger partial charge in [0.05, 0.1) is 5.69 Å². The van der Waals surface area contributed by atoms with Gasteiger partial charge in [-0.1, -0.05) is 0 Å². The minimum absolute atomic E-state index is 0.551. The number of aryl methyl sites for hydroxylation is 1. The number of rotatable bonds is 3. The molecule has 3 heteroatoms. The normalized spacial score (nSPS) is 9.93. The Morgan fingerprint density at radius 3 is 2.67 bits per heavy atom. The summed E-state index contributed by atoms with van der Waals surface area (Å²) in [7, 11) is 0. The van der Waals surface area contributed by atoms with Crippen molar-refractivity contribution in [3.05, 3.63) is 54.1 Å². The number of aromatic nitrogens is 2. The van der Waals surface area contributed by atoms with Crippen LogP contribution in [0, 0.1) is 6.92 Å². The molecule has 0 amide bonds. The van der Waals surface area contributed by atoms with Crippen LogP contribution >= 0.6 is 0 Å². The molecule has 0 aromatic carbocycles. The fourth-order valence-electron chi connectivity index (χ4n) is 1.26. The molecule has 0 bridgehead atoms. The number of pyridine rings is 2. The van der Waals surface area contributed by atoms with E-state index in [4.69, 9.17) is 4.74 Å². The Hall–Kier alpha value is -1.90. The van der Waals surface area contributed by atoms with Gasteiger partial charge >= 0.3 is 0 Å². The van der Waals surface area contributed by atoms with E-state index in [1.54, 1.807) is 18.6 Å². The highest BCUT2D eigenvalue weighted by Gasteiger charge is 1.99. The third kappa shape index (κ3) is 2.53. The highest BCUT2D eigenvalue weighted by molar-refractivity contribution is 5.25. The summed E-state index contributed by atoms with van der Waals surface area (Å²) in [6.07, 6.45) is 5.28. The molecule has 0 saturated heterocycles. The maximum atomic E-state index is 5.63. The fraction of sp³-hybridized carbons (Fsp3) is 0.167. The molecule has 0 fully saturated rings. The second kappa shape index (κ2) is 4.55. The number of ether oxygens (including phenoxy) is 1. The molecule has 0 saturated carbocycles. The molecule has 0 unspecified atom stereocenters. The van der Waals surface area contributed by atoms with E-state index in [1.165, 1.54) is 0 Å². The first-order chi connectivity index (χ1) is 7.36. The Morgan fingerprint density at radius 2 is 1.93 bits per heavy atom. The van der Waals surface area contributed by atoms with Gasteiger partial charge in [0, 0.05) is 18.6 Å². The number of hydrogen-bond acceptors (Lipinski definition) is 3. The molecule has 0 aliphatic rings. The van der Waals surface area contributed by atoms with Gasteiger partial charge in [-0.05, 0) is 36.8 Å². The van der Waals surface area contributed by atoms with Gasteiger partial charge in [-0.25, -0.2) is 0 Å². The summed E-state index contributed by atoms with van der Waals surface area (Å²) in [5, 5.41) is 0. The monoisotopic (exact) mass is 200 g/mol. The second-order valence-corrected chi connectivity index (χ2v) is 3.23. The van der Waals surface area contributed by atoms with Gasteiger partial charge in [0.1, 0.15) is 12.4 Å². The van der Waals surface area contributed by atoms with Gasteiger partial charge in [-0.3, -0.25) is 9.97 Å². The first kappa shape index (κ1) is 9.65. The van der Waals surface area contributed by atoms with Crippen LogP contribution in [0.5, 0.6) is 5.75 Å². The summed E-state index contributed by atoms with van der Waals surface area (Å²) in [5.41, 5.74) is 2.01. The van der Waals surface area contributed by atoms with Crippen molar-refractivity contribution < 1.29 is 4.74 Å². The average molecular weight is 200 g/mol. The summed E-state index contributed by atoms with van der Waals surface area (Å²) < 4.78 is 5.63. The molecule has 0 radical (unpaired) electrons. The van der Waals surface area contributed by atoms with E-state index in [-0.39, 0.29) is 0 Å². The summed E-state index contributed by atoms with van der Waals surface area (Å²) in [4.78, 5) is 8.10. The van der Waals surface area contributed by atoms with Crippen molar-refractivity contribution >= 4 is 0 Å². The van der Waals surface area contributed by atoms with Gasteiger partial charge in [0.2, 0.25) is 0 Å². The van der Waals surface area contributed by atoms with E-state index in [2.05, 4.69) is 9.97 Å². The van der Waals surface area contributed by atoms with Crippen LogP contribution in [-0.2, 0) is 6.61 Å². The molecular formula is C12H12N2O. The molecule has 2 heterocycles. The van der Waals surface area contributed by atoms with E-state index >= 15 is 0 Å². The van der Waals surface area contributed by atoms with E-state index in [0.717, 1.165) is 17.0 Å². The Balaban J connectivity index is 2.03. The summed E-state index contributed by atoms with van der Waals surface area (Å²) in [6, 6.07) is 7.66. The third-order valence-electron chi connectivity index (χ3n) is 2.10. The summed E-state index contributed by atoms with van der Waals surface area (Å²) in [6.45, 7) is 2.48. The minimum atomic E-state index is 0.551. The average Bonchev–Trinajstić information content (AvgIpc) is 2.29. The maximum absolute atomic E-state index is 5.63. The minimum Gasteiger partial charge on any atom is -0.487 e. The van der Waals surface area contributed by atoms with E-state index in [1.807, 2.05) is 31.2 Å². The molecule has 0 spiro atoms.